The standard InChI is InChI=1S/C23H18NO2/c25-22(19-10-3-1-4-11-19)17-24-16-15-18-9-7-8-14-21(18)23(24)26-20-12-5-2-6-13-20/h1-16H,17H2/q+1. The second-order valence-corrected chi connectivity index (χ2v) is 6.04. The van der Waals surface area contributed by atoms with Gasteiger partial charge in [-0.3, -0.25) is 4.79 Å². The summed E-state index contributed by atoms with van der Waals surface area (Å²) in [5.41, 5.74) is 0.693. The van der Waals surface area contributed by atoms with Crippen LogP contribution in [-0.4, -0.2) is 5.78 Å². The highest BCUT2D eigenvalue weighted by Crippen LogP contribution is 2.26. The molecule has 0 saturated carbocycles. The monoisotopic (exact) mass is 340 g/mol. The Labute approximate surface area is 152 Å². The fraction of sp³-hybridized carbons (Fsp3) is 0.0435. The van der Waals surface area contributed by atoms with E-state index in [2.05, 4.69) is 0 Å². The predicted molar refractivity (Wildman–Crippen MR) is 101 cm³/mol. The lowest BCUT2D eigenvalue weighted by molar-refractivity contribution is -0.685. The van der Waals surface area contributed by atoms with E-state index in [0.29, 0.717) is 11.4 Å². The average Bonchev–Trinajstić information content (AvgIpc) is 2.71. The maximum absolute atomic E-state index is 12.7. The molecule has 3 nitrogen and oxygen atoms in total. The summed E-state index contributed by atoms with van der Waals surface area (Å²) < 4.78 is 8.04. The van der Waals surface area contributed by atoms with Crippen molar-refractivity contribution >= 4 is 16.6 Å². The van der Waals surface area contributed by atoms with Gasteiger partial charge in [0, 0.05) is 11.6 Å². The minimum atomic E-state index is 0.0452. The minimum absolute atomic E-state index is 0.0452. The lowest BCUT2D eigenvalue weighted by Crippen LogP contribution is -2.39. The van der Waals surface area contributed by atoms with Crippen molar-refractivity contribution < 1.29 is 14.1 Å². The molecule has 126 valence electrons. The molecule has 0 aliphatic carbocycles. The number of carbonyl (C=O) groups is 1. The van der Waals surface area contributed by atoms with E-state index in [0.717, 1.165) is 16.5 Å². The maximum atomic E-state index is 12.7. The van der Waals surface area contributed by atoms with Gasteiger partial charge in [0.2, 0.25) is 12.3 Å². The first-order chi connectivity index (χ1) is 12.8. The summed E-state index contributed by atoms with van der Waals surface area (Å²) in [7, 11) is 0. The number of nitrogens with zero attached hydrogens (tertiary/aromatic N) is 1. The number of ketones is 1. The molecule has 3 aromatic carbocycles. The number of ether oxygens (including phenoxy) is 1. The number of hydrogen-bond acceptors (Lipinski definition) is 2. The number of para-hydroxylation sites is 1. The van der Waals surface area contributed by atoms with Crippen molar-refractivity contribution in [2.45, 2.75) is 6.54 Å². The first-order valence-electron chi connectivity index (χ1n) is 8.53. The molecule has 0 atom stereocenters. The zero-order valence-corrected chi connectivity index (χ0v) is 14.2. The van der Waals surface area contributed by atoms with E-state index in [9.17, 15) is 4.79 Å². The minimum Gasteiger partial charge on any atom is -0.405 e. The molecule has 26 heavy (non-hydrogen) atoms. The van der Waals surface area contributed by atoms with Crippen molar-refractivity contribution in [3.05, 3.63) is 103 Å². The Hall–Kier alpha value is -3.46. The average molecular weight is 340 g/mol. The Balaban J connectivity index is 1.76. The van der Waals surface area contributed by atoms with Gasteiger partial charge in [-0.2, -0.15) is 4.57 Å². The first-order valence-corrected chi connectivity index (χ1v) is 8.53. The molecule has 1 heterocycles. The number of rotatable bonds is 5. The fourth-order valence-corrected chi connectivity index (χ4v) is 2.94. The van der Waals surface area contributed by atoms with Crippen LogP contribution in [-0.2, 0) is 6.54 Å². The summed E-state index contributed by atoms with van der Waals surface area (Å²) >= 11 is 0. The predicted octanol–water partition coefficient (Wildman–Crippen LogP) is 4.80. The van der Waals surface area contributed by atoms with Crippen molar-refractivity contribution in [2.24, 2.45) is 0 Å². The smallest absolute Gasteiger partial charge is 0.381 e. The van der Waals surface area contributed by atoms with E-state index in [-0.39, 0.29) is 12.3 Å². The van der Waals surface area contributed by atoms with Gasteiger partial charge in [0.05, 0.1) is 5.39 Å². The molecule has 0 aliphatic heterocycles. The fourth-order valence-electron chi connectivity index (χ4n) is 2.94. The van der Waals surface area contributed by atoms with E-state index < -0.39 is 0 Å². The van der Waals surface area contributed by atoms with Crippen LogP contribution < -0.4 is 9.30 Å². The highest BCUT2D eigenvalue weighted by Gasteiger charge is 2.21. The van der Waals surface area contributed by atoms with Gasteiger partial charge in [0.25, 0.3) is 0 Å². The van der Waals surface area contributed by atoms with Crippen LogP contribution in [0.2, 0.25) is 0 Å². The van der Waals surface area contributed by atoms with Gasteiger partial charge < -0.3 is 4.74 Å². The Morgan fingerprint density at radius 3 is 2.19 bits per heavy atom. The van der Waals surface area contributed by atoms with Crippen molar-refractivity contribution in [3.63, 3.8) is 0 Å². The lowest BCUT2D eigenvalue weighted by atomic mass is 10.1. The molecule has 0 unspecified atom stereocenters. The molecular formula is C23H18NO2+. The SMILES string of the molecule is O=C(C[n+]1ccc2ccccc2c1Oc1ccccc1)c1ccccc1. The van der Waals surface area contributed by atoms with Gasteiger partial charge in [-0.05, 0) is 23.6 Å². The van der Waals surface area contributed by atoms with Gasteiger partial charge >= 0.3 is 5.88 Å². The summed E-state index contributed by atoms with van der Waals surface area (Å²) in [6, 6.07) is 29.0. The van der Waals surface area contributed by atoms with Crippen LogP contribution in [0.3, 0.4) is 0 Å². The Bertz CT molecular complexity index is 1040. The van der Waals surface area contributed by atoms with Crippen molar-refractivity contribution in [1.82, 2.24) is 0 Å². The Morgan fingerprint density at radius 2 is 1.42 bits per heavy atom. The Kier molecular flexibility index (Phi) is 4.44. The molecule has 3 heteroatoms. The van der Waals surface area contributed by atoms with E-state index in [4.69, 9.17) is 4.74 Å². The second kappa shape index (κ2) is 7.19. The molecule has 0 N–H and O–H groups in total. The number of hydrogen-bond donors (Lipinski definition) is 0. The summed E-state index contributed by atoms with van der Waals surface area (Å²) in [6.45, 7) is 0.219. The van der Waals surface area contributed by atoms with Crippen LogP contribution in [0, 0.1) is 0 Å². The molecule has 0 fully saturated rings. The van der Waals surface area contributed by atoms with Crippen molar-refractivity contribution in [2.75, 3.05) is 0 Å². The molecular weight excluding hydrogens is 322 g/mol. The second-order valence-electron chi connectivity index (χ2n) is 6.04. The number of Topliss-reactive ketones (excluding diaryl/α,β-unsaturated/α-hetero) is 1. The van der Waals surface area contributed by atoms with Gasteiger partial charge in [-0.1, -0.05) is 66.7 Å². The van der Waals surface area contributed by atoms with Crippen LogP contribution >= 0.6 is 0 Å². The van der Waals surface area contributed by atoms with E-state index in [1.54, 1.807) is 0 Å². The van der Waals surface area contributed by atoms with Crippen LogP contribution in [0.4, 0.5) is 0 Å². The van der Waals surface area contributed by atoms with Crippen LogP contribution in [0.5, 0.6) is 11.6 Å². The summed E-state index contributed by atoms with van der Waals surface area (Å²) in [6.07, 6.45) is 1.90. The number of aromatic nitrogens is 1. The third kappa shape index (κ3) is 3.33. The summed E-state index contributed by atoms with van der Waals surface area (Å²) in [5, 5.41) is 2.04. The van der Waals surface area contributed by atoms with E-state index in [1.807, 2.05) is 102 Å². The van der Waals surface area contributed by atoms with Gasteiger partial charge in [-0.15, -0.1) is 0 Å². The number of benzene rings is 3. The molecule has 0 spiro atoms. The normalized spacial score (nSPS) is 10.6. The van der Waals surface area contributed by atoms with Crippen LogP contribution in [0.1, 0.15) is 10.4 Å². The highest BCUT2D eigenvalue weighted by molar-refractivity contribution is 5.95. The lowest BCUT2D eigenvalue weighted by Gasteiger charge is -2.08. The zero-order chi connectivity index (χ0) is 17.8. The van der Waals surface area contributed by atoms with Gasteiger partial charge in [0.15, 0.2) is 6.20 Å². The Morgan fingerprint density at radius 1 is 0.769 bits per heavy atom. The largest absolute Gasteiger partial charge is 0.405 e. The number of carbonyl (C=O) groups excluding carboxylic acids is 1. The molecule has 0 aliphatic rings. The third-order valence-electron chi connectivity index (χ3n) is 4.25. The number of fused-ring (bicyclic) bond motifs is 1. The number of pyridine rings is 1. The molecule has 0 amide bonds. The zero-order valence-electron chi connectivity index (χ0n) is 14.2. The van der Waals surface area contributed by atoms with Crippen molar-refractivity contribution in [1.29, 1.82) is 0 Å². The third-order valence-corrected chi connectivity index (χ3v) is 4.25. The molecule has 0 radical (unpaired) electrons. The highest BCUT2D eigenvalue weighted by atomic mass is 16.5. The summed E-state index contributed by atoms with van der Waals surface area (Å²) in [4.78, 5) is 12.7. The van der Waals surface area contributed by atoms with Crippen LogP contribution in [0.25, 0.3) is 10.8 Å². The van der Waals surface area contributed by atoms with Gasteiger partial charge in [0.1, 0.15) is 5.75 Å². The van der Waals surface area contributed by atoms with E-state index >= 15 is 0 Å². The molecule has 1 aromatic heterocycles. The summed E-state index contributed by atoms with van der Waals surface area (Å²) in [5.74, 6) is 1.45. The molecule has 4 aromatic rings. The molecule has 0 bridgehead atoms. The maximum Gasteiger partial charge on any atom is 0.381 e. The van der Waals surface area contributed by atoms with Crippen molar-refractivity contribution in [3.8, 4) is 11.6 Å². The quantitative estimate of drug-likeness (QED) is 0.386. The topological polar surface area (TPSA) is 30.2 Å². The van der Waals surface area contributed by atoms with Crippen LogP contribution in [0.15, 0.2) is 97.2 Å². The first kappa shape index (κ1) is 16.0. The molecule has 4 rings (SSSR count). The van der Waals surface area contributed by atoms with E-state index in [1.165, 1.54) is 0 Å². The molecule has 0 saturated heterocycles. The van der Waals surface area contributed by atoms with Gasteiger partial charge in [-0.25, -0.2) is 0 Å².